The highest BCUT2D eigenvalue weighted by molar-refractivity contribution is 7.99. The monoisotopic (exact) mass is 260 g/mol. The van der Waals surface area contributed by atoms with Crippen LogP contribution in [0.25, 0.3) is 0 Å². The van der Waals surface area contributed by atoms with E-state index in [0.717, 1.165) is 57.5 Å². The molecule has 0 fully saturated rings. The molecule has 102 valence electrons. The highest BCUT2D eigenvalue weighted by Crippen LogP contribution is 2.06. The third kappa shape index (κ3) is 9.48. The molecule has 17 heavy (non-hydrogen) atoms. The summed E-state index contributed by atoms with van der Waals surface area (Å²) in [4.78, 5) is 14.0. The van der Waals surface area contributed by atoms with Crippen LogP contribution in [0.2, 0.25) is 0 Å². The summed E-state index contributed by atoms with van der Waals surface area (Å²) < 4.78 is 0. The Morgan fingerprint density at radius 1 is 1.12 bits per heavy atom. The number of rotatable bonds is 11. The first-order chi connectivity index (χ1) is 8.26. The molecular formula is C13H28N2OS. The van der Waals surface area contributed by atoms with Gasteiger partial charge < -0.3 is 10.6 Å². The van der Waals surface area contributed by atoms with Crippen molar-refractivity contribution < 1.29 is 4.79 Å². The van der Waals surface area contributed by atoms with Gasteiger partial charge in [-0.05, 0) is 31.6 Å². The summed E-state index contributed by atoms with van der Waals surface area (Å²) in [6.07, 6.45) is 5.53. The Balaban J connectivity index is 3.85. The summed E-state index contributed by atoms with van der Waals surface area (Å²) in [5.41, 5.74) is 5.43. The molecule has 0 aliphatic carbocycles. The van der Waals surface area contributed by atoms with Crippen molar-refractivity contribution in [3.63, 3.8) is 0 Å². The van der Waals surface area contributed by atoms with Gasteiger partial charge in [-0.2, -0.15) is 11.8 Å². The van der Waals surface area contributed by atoms with Gasteiger partial charge in [-0.1, -0.05) is 26.7 Å². The van der Waals surface area contributed by atoms with Gasteiger partial charge in [0, 0.05) is 13.1 Å². The molecule has 1 amide bonds. The molecule has 4 heteroatoms. The number of thioether (sulfide) groups is 1. The quantitative estimate of drug-likeness (QED) is 0.581. The molecule has 2 N–H and O–H groups in total. The van der Waals surface area contributed by atoms with E-state index >= 15 is 0 Å². The summed E-state index contributed by atoms with van der Waals surface area (Å²) in [5, 5.41) is 0. The van der Waals surface area contributed by atoms with Crippen LogP contribution in [-0.2, 0) is 4.79 Å². The van der Waals surface area contributed by atoms with Crippen molar-refractivity contribution in [2.45, 2.75) is 46.0 Å². The Labute approximate surface area is 111 Å². The maximum absolute atomic E-state index is 12.0. The largest absolute Gasteiger partial charge is 0.342 e. The molecule has 0 aromatic heterocycles. The van der Waals surface area contributed by atoms with E-state index in [1.807, 2.05) is 4.90 Å². The molecule has 0 rings (SSSR count). The van der Waals surface area contributed by atoms with Gasteiger partial charge in [0.2, 0.25) is 5.91 Å². The number of hydrogen-bond donors (Lipinski definition) is 1. The molecular weight excluding hydrogens is 232 g/mol. The summed E-state index contributed by atoms with van der Waals surface area (Å²) in [5.74, 6) is 1.92. The first-order valence-electron chi connectivity index (χ1n) is 6.81. The van der Waals surface area contributed by atoms with Gasteiger partial charge in [0.05, 0.1) is 5.75 Å². The minimum Gasteiger partial charge on any atom is -0.342 e. The molecule has 0 saturated carbocycles. The van der Waals surface area contributed by atoms with Crippen LogP contribution in [0.4, 0.5) is 0 Å². The minimum atomic E-state index is 0.300. The molecule has 3 nitrogen and oxygen atoms in total. The highest BCUT2D eigenvalue weighted by atomic mass is 32.2. The maximum Gasteiger partial charge on any atom is 0.232 e. The molecule has 0 aromatic rings. The zero-order valence-corrected chi connectivity index (χ0v) is 12.2. The van der Waals surface area contributed by atoms with E-state index in [2.05, 4.69) is 13.8 Å². The molecule has 0 aliphatic heterocycles. The summed E-state index contributed by atoms with van der Waals surface area (Å²) in [6, 6.07) is 0. The van der Waals surface area contributed by atoms with Gasteiger partial charge in [-0.15, -0.1) is 0 Å². The van der Waals surface area contributed by atoms with Gasteiger partial charge in [0.25, 0.3) is 0 Å². The molecule has 0 aliphatic rings. The Kier molecular flexibility index (Phi) is 12.1. The summed E-state index contributed by atoms with van der Waals surface area (Å²) in [6.45, 7) is 6.90. The van der Waals surface area contributed by atoms with E-state index in [1.165, 1.54) is 0 Å². The van der Waals surface area contributed by atoms with Crippen molar-refractivity contribution in [2.75, 3.05) is 31.1 Å². The number of carbonyl (C=O) groups is 1. The van der Waals surface area contributed by atoms with E-state index in [0.29, 0.717) is 11.7 Å². The van der Waals surface area contributed by atoms with Crippen LogP contribution in [-0.4, -0.2) is 41.9 Å². The molecule has 0 heterocycles. The van der Waals surface area contributed by atoms with E-state index < -0.39 is 0 Å². The van der Waals surface area contributed by atoms with Crippen LogP contribution < -0.4 is 5.73 Å². The Hall–Kier alpha value is -0.220. The van der Waals surface area contributed by atoms with Crippen LogP contribution >= 0.6 is 11.8 Å². The van der Waals surface area contributed by atoms with Crippen molar-refractivity contribution >= 4 is 17.7 Å². The Morgan fingerprint density at radius 2 is 1.71 bits per heavy atom. The zero-order chi connectivity index (χ0) is 12.9. The zero-order valence-electron chi connectivity index (χ0n) is 11.4. The van der Waals surface area contributed by atoms with Gasteiger partial charge >= 0.3 is 0 Å². The molecule has 0 spiro atoms. The minimum absolute atomic E-state index is 0.300. The van der Waals surface area contributed by atoms with Gasteiger partial charge in [0.15, 0.2) is 0 Å². The number of nitrogens with zero attached hydrogens (tertiary/aromatic N) is 1. The van der Waals surface area contributed by atoms with Gasteiger partial charge in [0.1, 0.15) is 0 Å². The number of unbranched alkanes of at least 4 members (excludes halogenated alkanes) is 2. The SMILES string of the molecule is CCCCN(CCCC)C(=O)CSCCCN. The van der Waals surface area contributed by atoms with Crippen LogP contribution in [0.15, 0.2) is 0 Å². The number of carbonyl (C=O) groups excluding carboxylic acids is 1. The topological polar surface area (TPSA) is 46.3 Å². The second kappa shape index (κ2) is 12.2. The fourth-order valence-corrected chi connectivity index (χ4v) is 2.37. The average molecular weight is 260 g/mol. The number of hydrogen-bond acceptors (Lipinski definition) is 3. The lowest BCUT2D eigenvalue weighted by Gasteiger charge is -2.22. The smallest absolute Gasteiger partial charge is 0.232 e. The van der Waals surface area contributed by atoms with Crippen molar-refractivity contribution in [1.29, 1.82) is 0 Å². The van der Waals surface area contributed by atoms with Crippen molar-refractivity contribution in [2.24, 2.45) is 5.73 Å². The molecule has 0 unspecified atom stereocenters. The first kappa shape index (κ1) is 16.8. The predicted molar refractivity (Wildman–Crippen MR) is 77.4 cm³/mol. The van der Waals surface area contributed by atoms with Gasteiger partial charge in [-0.3, -0.25) is 4.79 Å². The molecule has 0 radical (unpaired) electrons. The highest BCUT2D eigenvalue weighted by Gasteiger charge is 2.11. The lowest BCUT2D eigenvalue weighted by molar-refractivity contribution is -0.128. The van der Waals surface area contributed by atoms with Crippen LogP contribution in [0.3, 0.4) is 0 Å². The van der Waals surface area contributed by atoms with E-state index in [1.54, 1.807) is 11.8 Å². The third-order valence-electron chi connectivity index (χ3n) is 2.63. The normalized spacial score (nSPS) is 10.5. The number of amides is 1. The lowest BCUT2D eigenvalue weighted by Crippen LogP contribution is -2.34. The maximum atomic E-state index is 12.0. The Bertz CT molecular complexity index is 180. The summed E-state index contributed by atoms with van der Waals surface area (Å²) >= 11 is 1.71. The molecule has 0 atom stereocenters. The van der Waals surface area contributed by atoms with Crippen LogP contribution in [0, 0.1) is 0 Å². The second-order valence-electron chi connectivity index (χ2n) is 4.28. The average Bonchev–Trinajstić information content (AvgIpc) is 2.34. The fraction of sp³-hybridized carbons (Fsp3) is 0.923. The van der Waals surface area contributed by atoms with Crippen LogP contribution in [0.5, 0.6) is 0 Å². The van der Waals surface area contributed by atoms with E-state index in [-0.39, 0.29) is 0 Å². The third-order valence-corrected chi connectivity index (χ3v) is 3.66. The molecule has 0 aromatic carbocycles. The van der Waals surface area contributed by atoms with E-state index in [4.69, 9.17) is 5.73 Å². The fourth-order valence-electron chi connectivity index (χ4n) is 1.50. The van der Waals surface area contributed by atoms with E-state index in [9.17, 15) is 4.79 Å². The lowest BCUT2D eigenvalue weighted by atomic mass is 10.2. The van der Waals surface area contributed by atoms with Gasteiger partial charge in [-0.25, -0.2) is 0 Å². The first-order valence-corrected chi connectivity index (χ1v) is 7.97. The van der Waals surface area contributed by atoms with Crippen molar-refractivity contribution in [3.05, 3.63) is 0 Å². The predicted octanol–water partition coefficient (Wildman–Crippen LogP) is 2.50. The summed E-state index contributed by atoms with van der Waals surface area (Å²) in [7, 11) is 0. The number of nitrogens with two attached hydrogens (primary N) is 1. The molecule has 0 bridgehead atoms. The Morgan fingerprint density at radius 3 is 2.18 bits per heavy atom. The van der Waals surface area contributed by atoms with Crippen LogP contribution in [0.1, 0.15) is 46.0 Å². The van der Waals surface area contributed by atoms with Crippen molar-refractivity contribution in [3.8, 4) is 0 Å². The molecule has 0 saturated heterocycles. The van der Waals surface area contributed by atoms with Crippen molar-refractivity contribution in [1.82, 2.24) is 4.90 Å². The second-order valence-corrected chi connectivity index (χ2v) is 5.39. The standard InChI is InChI=1S/C13H28N2OS/c1-3-5-9-15(10-6-4-2)13(16)12-17-11-7-8-14/h3-12,14H2,1-2H3.